The van der Waals surface area contributed by atoms with Gasteiger partial charge in [-0.25, -0.2) is 0 Å². The van der Waals surface area contributed by atoms with Crippen molar-refractivity contribution in [2.24, 2.45) is 0 Å². The summed E-state index contributed by atoms with van der Waals surface area (Å²) < 4.78 is 9.77. The van der Waals surface area contributed by atoms with E-state index in [9.17, 15) is 4.79 Å². The monoisotopic (exact) mass is 460 g/mol. The molecule has 1 aromatic rings. The lowest BCUT2D eigenvalue weighted by Gasteiger charge is -2.12. The molecule has 0 spiro atoms. The minimum absolute atomic E-state index is 0.185. The molecule has 0 radical (unpaired) electrons. The number of hydrogen-bond acceptors (Lipinski definition) is 6. The molecule has 1 fully saturated rings. The topological polar surface area (TPSA) is 60.0 Å². The summed E-state index contributed by atoms with van der Waals surface area (Å²) >= 11 is 0. The zero-order valence-corrected chi connectivity index (χ0v) is 21.6. The molecule has 1 aromatic carbocycles. The normalized spacial score (nSPS) is 19.5. The second kappa shape index (κ2) is 19.2. The van der Waals surface area contributed by atoms with Gasteiger partial charge in [-0.1, -0.05) is 68.8 Å². The van der Waals surface area contributed by atoms with Crippen molar-refractivity contribution in [3.8, 4) is 0 Å². The standard InChI is InChI=1S/C14H18.C7H11NO2.C4H8O2.C2H7N/c1-4-8-12(3)11-14-10-7-6-9-13(14)5-2;1-3-7-4-6(5-9)8(2)10-7;1-4-2-5-3-6-4;1-3-2/h5-7,9-11H,2,4,8H2,1,3H3;4-6H,3H2,1-2H3;4H,2-3H2,1H3;3H,1-2H3/b12-11+;;;. The van der Waals surface area contributed by atoms with Crippen molar-refractivity contribution in [3.05, 3.63) is 59.4 Å². The van der Waals surface area contributed by atoms with Gasteiger partial charge in [0.15, 0.2) is 0 Å². The third-order valence-electron chi connectivity index (χ3n) is 4.58. The highest BCUT2D eigenvalue weighted by atomic mass is 16.7. The van der Waals surface area contributed by atoms with E-state index in [4.69, 9.17) is 14.3 Å². The highest BCUT2D eigenvalue weighted by molar-refractivity contribution is 5.65. The van der Waals surface area contributed by atoms with E-state index < -0.39 is 0 Å². The molecule has 1 saturated heterocycles. The largest absolute Gasteiger partial charge is 0.410 e. The molecule has 1 N–H and O–H groups in total. The summed E-state index contributed by atoms with van der Waals surface area (Å²) in [6, 6.07) is 8.16. The molecule has 2 aliphatic heterocycles. The van der Waals surface area contributed by atoms with Crippen LogP contribution in [-0.2, 0) is 19.1 Å². The zero-order valence-electron chi connectivity index (χ0n) is 21.6. The number of carbonyl (C=O) groups is 1. The van der Waals surface area contributed by atoms with Crippen LogP contribution in [0.4, 0.5) is 0 Å². The summed E-state index contributed by atoms with van der Waals surface area (Å²) in [7, 11) is 5.50. The number of hydroxylamine groups is 2. The number of ether oxygens (including phenoxy) is 2. The first-order chi connectivity index (χ1) is 15.9. The molecule has 6 heteroatoms. The maximum absolute atomic E-state index is 10.3. The number of benzene rings is 1. The van der Waals surface area contributed by atoms with Crippen molar-refractivity contribution in [2.45, 2.75) is 59.1 Å². The second-order valence-corrected chi connectivity index (χ2v) is 7.79. The van der Waals surface area contributed by atoms with Gasteiger partial charge >= 0.3 is 0 Å². The van der Waals surface area contributed by atoms with Crippen LogP contribution in [-0.4, -0.2) is 58.0 Å². The van der Waals surface area contributed by atoms with Gasteiger partial charge in [-0.3, -0.25) is 0 Å². The Morgan fingerprint density at radius 1 is 1.24 bits per heavy atom. The minimum Gasteiger partial charge on any atom is -0.410 e. The molecule has 0 aliphatic carbocycles. The average Bonchev–Trinajstić information content (AvgIpc) is 3.43. The van der Waals surface area contributed by atoms with Crippen LogP contribution >= 0.6 is 0 Å². The molecule has 0 bridgehead atoms. The summed E-state index contributed by atoms with van der Waals surface area (Å²) in [5, 5.41) is 4.30. The van der Waals surface area contributed by atoms with Crippen LogP contribution in [0.5, 0.6) is 0 Å². The van der Waals surface area contributed by atoms with Gasteiger partial charge in [0, 0.05) is 13.5 Å². The Kier molecular flexibility index (Phi) is 17.9. The molecule has 3 rings (SSSR count). The molecule has 2 unspecified atom stereocenters. The second-order valence-electron chi connectivity index (χ2n) is 7.79. The molecule has 6 nitrogen and oxygen atoms in total. The van der Waals surface area contributed by atoms with Crippen LogP contribution in [0.3, 0.4) is 0 Å². The Hall–Kier alpha value is -2.25. The Morgan fingerprint density at radius 2 is 1.88 bits per heavy atom. The molecule has 0 aromatic heterocycles. The first kappa shape index (κ1) is 30.8. The van der Waals surface area contributed by atoms with E-state index >= 15 is 0 Å². The van der Waals surface area contributed by atoms with Crippen molar-refractivity contribution in [3.63, 3.8) is 0 Å². The lowest BCUT2D eigenvalue weighted by molar-refractivity contribution is -0.127. The fourth-order valence-corrected chi connectivity index (χ4v) is 2.87. The van der Waals surface area contributed by atoms with Crippen molar-refractivity contribution in [1.29, 1.82) is 0 Å². The summed E-state index contributed by atoms with van der Waals surface area (Å²) in [6.07, 6.45) is 10.4. The van der Waals surface area contributed by atoms with Crippen molar-refractivity contribution in [1.82, 2.24) is 10.4 Å². The molecule has 0 amide bonds. The highest BCUT2D eigenvalue weighted by Gasteiger charge is 2.21. The molecule has 2 atom stereocenters. The van der Waals surface area contributed by atoms with Gasteiger partial charge < -0.3 is 24.4 Å². The smallest absolute Gasteiger partial charge is 0.147 e. The first-order valence-electron chi connectivity index (χ1n) is 11.6. The van der Waals surface area contributed by atoms with Crippen LogP contribution in [0, 0.1) is 0 Å². The molecule has 2 aliphatic rings. The van der Waals surface area contributed by atoms with E-state index in [1.165, 1.54) is 29.5 Å². The summed E-state index contributed by atoms with van der Waals surface area (Å²) in [5.74, 6) is 0.875. The van der Waals surface area contributed by atoms with E-state index in [-0.39, 0.29) is 6.04 Å². The molecule has 186 valence electrons. The van der Waals surface area contributed by atoms with Gasteiger partial charge in [0.1, 0.15) is 24.9 Å². The van der Waals surface area contributed by atoms with Gasteiger partial charge in [0.2, 0.25) is 0 Å². The predicted molar refractivity (Wildman–Crippen MR) is 139 cm³/mol. The van der Waals surface area contributed by atoms with Gasteiger partial charge in [0.05, 0.1) is 12.7 Å². The summed E-state index contributed by atoms with van der Waals surface area (Å²) in [4.78, 5) is 15.5. The number of aldehydes is 1. The van der Waals surface area contributed by atoms with E-state index in [1.807, 2.05) is 46.2 Å². The van der Waals surface area contributed by atoms with Gasteiger partial charge in [-0.15, -0.1) is 5.06 Å². The molecule has 0 saturated carbocycles. The van der Waals surface area contributed by atoms with Crippen molar-refractivity contribution in [2.75, 3.05) is 34.5 Å². The molecule has 2 heterocycles. The average molecular weight is 461 g/mol. The Labute approximate surface area is 201 Å². The quantitative estimate of drug-likeness (QED) is 0.568. The predicted octanol–water partition coefficient (Wildman–Crippen LogP) is 5.47. The maximum atomic E-state index is 10.3. The maximum Gasteiger partial charge on any atom is 0.147 e. The highest BCUT2D eigenvalue weighted by Crippen LogP contribution is 2.17. The summed E-state index contributed by atoms with van der Waals surface area (Å²) in [5.41, 5.74) is 3.92. The number of nitrogens with one attached hydrogen (secondary N) is 1. The first-order valence-corrected chi connectivity index (χ1v) is 11.6. The lowest BCUT2D eigenvalue weighted by atomic mass is 10.0. The number of allylic oxidation sites excluding steroid dienone is 2. The SMILES string of the molecule is C=Cc1ccccc1/C=C(\C)CCC.CC1COCO1.CCC1=CC(C=O)N(C)O1.CNC. The van der Waals surface area contributed by atoms with E-state index in [1.54, 1.807) is 12.1 Å². The van der Waals surface area contributed by atoms with Crippen LogP contribution in [0.2, 0.25) is 0 Å². The van der Waals surface area contributed by atoms with E-state index in [2.05, 4.69) is 50.0 Å². The number of carbonyl (C=O) groups excluding carboxylic acids is 1. The number of likely N-dealkylation sites (N-methyl/N-ethyl adjacent to an activating group) is 1. The Morgan fingerprint density at radius 3 is 2.24 bits per heavy atom. The van der Waals surface area contributed by atoms with E-state index in [0.29, 0.717) is 12.9 Å². The molecule has 33 heavy (non-hydrogen) atoms. The number of rotatable bonds is 6. The third kappa shape index (κ3) is 13.8. The van der Waals surface area contributed by atoms with Crippen LogP contribution in [0.15, 0.2) is 48.3 Å². The van der Waals surface area contributed by atoms with Crippen LogP contribution in [0.1, 0.15) is 58.1 Å². The number of nitrogens with zero attached hydrogens (tertiary/aromatic N) is 1. The van der Waals surface area contributed by atoms with Crippen LogP contribution < -0.4 is 5.32 Å². The molecular weight excluding hydrogens is 416 g/mol. The van der Waals surface area contributed by atoms with Crippen molar-refractivity contribution >= 4 is 18.4 Å². The lowest BCUT2D eigenvalue weighted by Crippen LogP contribution is -2.25. The zero-order chi connectivity index (χ0) is 25.1. The molecular formula is C27H44N2O4. The van der Waals surface area contributed by atoms with Crippen molar-refractivity contribution < 1.29 is 19.1 Å². The van der Waals surface area contributed by atoms with Gasteiger partial charge in [0.25, 0.3) is 0 Å². The Bertz CT molecular complexity index is 725. The fourth-order valence-electron chi connectivity index (χ4n) is 2.87. The van der Waals surface area contributed by atoms with E-state index in [0.717, 1.165) is 25.1 Å². The summed E-state index contributed by atoms with van der Waals surface area (Å²) in [6.45, 7) is 13.4. The third-order valence-corrected chi connectivity index (χ3v) is 4.58. The Balaban J connectivity index is 0.000000467. The van der Waals surface area contributed by atoms with Gasteiger partial charge in [-0.05, 0) is 51.6 Å². The van der Waals surface area contributed by atoms with Crippen LogP contribution in [0.25, 0.3) is 12.2 Å². The minimum atomic E-state index is -0.185. The number of hydrogen-bond donors (Lipinski definition) is 1. The van der Waals surface area contributed by atoms with Gasteiger partial charge in [-0.2, -0.15) is 0 Å². The fraction of sp³-hybridized carbons (Fsp3) is 0.519.